The summed E-state index contributed by atoms with van der Waals surface area (Å²) in [5.41, 5.74) is 0.782. The lowest BCUT2D eigenvalue weighted by atomic mass is 10.2. The van der Waals surface area contributed by atoms with Crippen molar-refractivity contribution in [2.45, 2.75) is 12.5 Å². The van der Waals surface area contributed by atoms with Gasteiger partial charge in [0.15, 0.2) is 0 Å². The summed E-state index contributed by atoms with van der Waals surface area (Å²) in [5.74, 6) is 0.337. The molecule has 0 aliphatic carbocycles. The highest BCUT2D eigenvalue weighted by atomic mass is 35.5. The van der Waals surface area contributed by atoms with Gasteiger partial charge in [-0.2, -0.15) is 0 Å². The number of benzene rings is 1. The fourth-order valence-corrected chi connectivity index (χ4v) is 2.29. The summed E-state index contributed by atoms with van der Waals surface area (Å²) in [5, 5.41) is 5.99. The first-order chi connectivity index (χ1) is 9.60. The van der Waals surface area contributed by atoms with Gasteiger partial charge in [-0.05, 0) is 24.3 Å². The van der Waals surface area contributed by atoms with Gasteiger partial charge in [0, 0.05) is 36.1 Å². The third kappa shape index (κ3) is 3.77. The van der Waals surface area contributed by atoms with E-state index in [1.165, 1.54) is 0 Å². The van der Waals surface area contributed by atoms with E-state index in [1.54, 1.807) is 29.2 Å². The van der Waals surface area contributed by atoms with Crippen molar-refractivity contribution in [1.29, 1.82) is 0 Å². The van der Waals surface area contributed by atoms with E-state index in [0.717, 1.165) is 5.69 Å². The Morgan fingerprint density at radius 3 is 2.70 bits per heavy atom. The molecule has 1 aliphatic heterocycles. The third-order valence-corrected chi connectivity index (χ3v) is 3.42. The molecule has 0 aromatic heterocycles. The third-order valence-electron chi connectivity index (χ3n) is 2.98. The summed E-state index contributed by atoms with van der Waals surface area (Å²) in [7, 11) is 0. The zero-order valence-corrected chi connectivity index (χ0v) is 12.2. The van der Waals surface area contributed by atoms with Crippen LogP contribution in [0.25, 0.3) is 0 Å². The number of carbonyl (C=O) groups excluding carboxylic acids is 2. The molecular formula is C13H15Cl2N3O2. The van der Waals surface area contributed by atoms with Gasteiger partial charge in [-0.1, -0.05) is 11.6 Å². The summed E-state index contributed by atoms with van der Waals surface area (Å²) in [4.78, 5) is 25.1. The number of rotatable bonds is 4. The van der Waals surface area contributed by atoms with Crippen LogP contribution in [-0.2, 0) is 4.79 Å². The second-order valence-electron chi connectivity index (χ2n) is 4.47. The number of urea groups is 1. The molecule has 1 aromatic rings. The quantitative estimate of drug-likeness (QED) is 0.835. The molecule has 20 heavy (non-hydrogen) atoms. The van der Waals surface area contributed by atoms with E-state index < -0.39 is 0 Å². The van der Waals surface area contributed by atoms with Crippen LogP contribution in [0.15, 0.2) is 24.3 Å². The second kappa shape index (κ2) is 6.81. The standard InChI is InChI=1S/C13H15Cl2N3O2/c14-5-6-16-13(20)17-10-7-12(19)18(8-10)11-3-1-9(15)2-4-11/h1-4,10H,5-8H2,(H2,16,17,20)/t10-/m1/s1. The molecule has 0 spiro atoms. The molecule has 1 saturated heterocycles. The van der Waals surface area contributed by atoms with E-state index in [1.807, 2.05) is 0 Å². The molecule has 1 heterocycles. The van der Waals surface area contributed by atoms with Crippen LogP contribution < -0.4 is 15.5 Å². The van der Waals surface area contributed by atoms with Crippen molar-refractivity contribution in [3.05, 3.63) is 29.3 Å². The van der Waals surface area contributed by atoms with Crippen molar-refractivity contribution < 1.29 is 9.59 Å². The van der Waals surface area contributed by atoms with Crippen molar-refractivity contribution >= 4 is 40.8 Å². The highest BCUT2D eigenvalue weighted by molar-refractivity contribution is 6.30. The van der Waals surface area contributed by atoms with Crippen LogP contribution in [0.3, 0.4) is 0 Å². The van der Waals surface area contributed by atoms with Crippen molar-refractivity contribution in [2.75, 3.05) is 23.9 Å². The Hall–Kier alpha value is -1.46. The van der Waals surface area contributed by atoms with Crippen molar-refractivity contribution in [3.8, 4) is 0 Å². The summed E-state index contributed by atoms with van der Waals surface area (Å²) in [6.07, 6.45) is 0.289. The molecule has 3 amide bonds. The average Bonchev–Trinajstić information content (AvgIpc) is 2.78. The molecule has 0 unspecified atom stereocenters. The van der Waals surface area contributed by atoms with E-state index in [0.29, 0.717) is 24.0 Å². The van der Waals surface area contributed by atoms with Gasteiger partial charge in [0.05, 0.1) is 6.04 Å². The zero-order chi connectivity index (χ0) is 14.5. The summed E-state index contributed by atoms with van der Waals surface area (Å²) < 4.78 is 0. The SMILES string of the molecule is O=C(NCCCl)N[C@@H]1CC(=O)N(c2ccc(Cl)cc2)C1. The molecule has 1 atom stereocenters. The topological polar surface area (TPSA) is 61.4 Å². The lowest BCUT2D eigenvalue weighted by Crippen LogP contribution is -2.43. The van der Waals surface area contributed by atoms with E-state index in [4.69, 9.17) is 23.2 Å². The maximum Gasteiger partial charge on any atom is 0.315 e. The number of nitrogens with one attached hydrogen (secondary N) is 2. The average molecular weight is 316 g/mol. The van der Waals surface area contributed by atoms with Gasteiger partial charge in [0.2, 0.25) is 5.91 Å². The van der Waals surface area contributed by atoms with Gasteiger partial charge in [0.25, 0.3) is 0 Å². The molecule has 2 N–H and O–H groups in total. The first kappa shape index (κ1) is 14.9. The van der Waals surface area contributed by atoms with Gasteiger partial charge >= 0.3 is 6.03 Å². The molecule has 7 heteroatoms. The largest absolute Gasteiger partial charge is 0.337 e. The normalized spacial score (nSPS) is 18.2. The lowest BCUT2D eigenvalue weighted by Gasteiger charge is -2.17. The molecule has 5 nitrogen and oxygen atoms in total. The van der Waals surface area contributed by atoms with E-state index in [2.05, 4.69) is 10.6 Å². The maximum absolute atomic E-state index is 12.0. The van der Waals surface area contributed by atoms with Crippen molar-refractivity contribution in [3.63, 3.8) is 0 Å². The van der Waals surface area contributed by atoms with Gasteiger partial charge in [-0.15, -0.1) is 11.6 Å². The van der Waals surface area contributed by atoms with Crippen LogP contribution in [0.1, 0.15) is 6.42 Å². The minimum atomic E-state index is -0.304. The predicted molar refractivity (Wildman–Crippen MR) is 79.5 cm³/mol. The molecular weight excluding hydrogens is 301 g/mol. The minimum Gasteiger partial charge on any atom is -0.337 e. The molecule has 0 radical (unpaired) electrons. The number of alkyl halides is 1. The Bertz CT molecular complexity index is 493. The number of hydrogen-bond acceptors (Lipinski definition) is 2. The number of nitrogens with zero attached hydrogens (tertiary/aromatic N) is 1. The molecule has 1 fully saturated rings. The Morgan fingerprint density at radius 1 is 1.35 bits per heavy atom. The van der Waals surface area contributed by atoms with Crippen molar-refractivity contribution in [1.82, 2.24) is 10.6 Å². The monoisotopic (exact) mass is 315 g/mol. The number of anilines is 1. The summed E-state index contributed by atoms with van der Waals surface area (Å²) in [6.45, 7) is 0.851. The van der Waals surface area contributed by atoms with Gasteiger partial charge in [-0.3, -0.25) is 4.79 Å². The molecule has 0 bridgehead atoms. The van der Waals surface area contributed by atoms with E-state index >= 15 is 0 Å². The van der Waals surface area contributed by atoms with E-state index in [9.17, 15) is 9.59 Å². The molecule has 1 aromatic carbocycles. The minimum absolute atomic E-state index is 0.0186. The molecule has 0 saturated carbocycles. The number of hydrogen-bond donors (Lipinski definition) is 2. The Balaban J connectivity index is 1.93. The lowest BCUT2D eigenvalue weighted by molar-refractivity contribution is -0.117. The Morgan fingerprint density at radius 2 is 2.05 bits per heavy atom. The second-order valence-corrected chi connectivity index (χ2v) is 5.29. The summed E-state index contributed by atoms with van der Waals surface area (Å²) in [6, 6.07) is 6.54. The first-order valence-electron chi connectivity index (χ1n) is 6.26. The summed E-state index contributed by atoms with van der Waals surface area (Å²) >= 11 is 11.3. The number of carbonyl (C=O) groups is 2. The van der Waals surface area contributed by atoms with Crippen molar-refractivity contribution in [2.24, 2.45) is 0 Å². The fourth-order valence-electron chi connectivity index (χ4n) is 2.07. The first-order valence-corrected chi connectivity index (χ1v) is 7.17. The Labute approximate surface area is 127 Å². The van der Waals surface area contributed by atoms with Crippen LogP contribution in [0.2, 0.25) is 5.02 Å². The van der Waals surface area contributed by atoms with Crippen LogP contribution in [0.4, 0.5) is 10.5 Å². The van der Waals surface area contributed by atoms with Gasteiger partial charge in [-0.25, -0.2) is 4.79 Å². The smallest absolute Gasteiger partial charge is 0.315 e. The van der Waals surface area contributed by atoms with Crippen LogP contribution >= 0.6 is 23.2 Å². The maximum atomic E-state index is 12.0. The predicted octanol–water partition coefficient (Wildman–Crippen LogP) is 1.98. The van der Waals surface area contributed by atoms with Gasteiger partial charge in [0.1, 0.15) is 0 Å². The number of amides is 3. The van der Waals surface area contributed by atoms with Crippen LogP contribution in [-0.4, -0.2) is 36.9 Å². The molecule has 2 rings (SSSR count). The fraction of sp³-hybridized carbons (Fsp3) is 0.385. The van der Waals surface area contributed by atoms with Crippen LogP contribution in [0.5, 0.6) is 0 Å². The van der Waals surface area contributed by atoms with Crippen LogP contribution in [0, 0.1) is 0 Å². The Kier molecular flexibility index (Phi) is 5.09. The molecule has 108 valence electrons. The number of halogens is 2. The van der Waals surface area contributed by atoms with E-state index in [-0.39, 0.29) is 24.4 Å². The molecule has 1 aliphatic rings. The highest BCUT2D eigenvalue weighted by Crippen LogP contribution is 2.23. The van der Waals surface area contributed by atoms with Gasteiger partial charge < -0.3 is 15.5 Å². The highest BCUT2D eigenvalue weighted by Gasteiger charge is 2.31. The zero-order valence-electron chi connectivity index (χ0n) is 10.7.